The lowest BCUT2D eigenvalue weighted by Crippen LogP contribution is -2.62. The highest BCUT2D eigenvalue weighted by atomic mass is 16.7. The largest absolute Gasteiger partial charge is 0.481 e. The van der Waals surface area contributed by atoms with Crippen molar-refractivity contribution in [2.75, 3.05) is 6.61 Å². The summed E-state index contributed by atoms with van der Waals surface area (Å²) in [4.78, 5) is 26.4. The third kappa shape index (κ3) is 2.72. The quantitative estimate of drug-likeness (QED) is 0.203. The average Bonchev–Trinajstić information content (AvgIpc) is 3.24. The number of hydrogen-bond acceptors (Lipinski definition) is 10. The molecule has 4 saturated carbocycles. The van der Waals surface area contributed by atoms with E-state index in [2.05, 4.69) is 6.58 Å². The Bertz CT molecular complexity index is 1010. The fourth-order valence-corrected chi connectivity index (χ4v) is 9.18. The molecule has 200 valence electrons. The molecule has 6 aliphatic rings. The molecule has 11 heteroatoms. The first kappa shape index (κ1) is 24.7. The summed E-state index contributed by atoms with van der Waals surface area (Å²) in [6.07, 6.45) is -6.13. The Kier molecular flexibility index (Phi) is 5.15. The van der Waals surface area contributed by atoms with E-state index in [4.69, 9.17) is 14.2 Å². The molecule has 6 fully saturated rings. The highest BCUT2D eigenvalue weighted by Gasteiger charge is 2.84. The zero-order chi connectivity index (χ0) is 26.0. The molecule has 2 heterocycles. The molecular formula is C25H34O11. The van der Waals surface area contributed by atoms with Crippen molar-refractivity contribution < 1.29 is 54.4 Å². The topological polar surface area (TPSA) is 183 Å². The van der Waals surface area contributed by atoms with Crippen LogP contribution in [0.15, 0.2) is 12.2 Å². The molecule has 4 aliphatic carbocycles. The minimum absolute atomic E-state index is 0.241. The summed E-state index contributed by atoms with van der Waals surface area (Å²) in [6, 6.07) is 0. The molecule has 6 N–H and O–H groups in total. The Labute approximate surface area is 207 Å². The molecule has 11 nitrogen and oxygen atoms in total. The number of aliphatic hydroxyl groups excluding tert-OH is 4. The number of carboxylic acid groups (broad SMARTS) is 1. The highest BCUT2D eigenvalue weighted by Crippen LogP contribution is 2.78. The Morgan fingerprint density at radius 1 is 1.17 bits per heavy atom. The van der Waals surface area contributed by atoms with Gasteiger partial charge < -0.3 is 44.8 Å². The lowest BCUT2D eigenvalue weighted by molar-refractivity contribution is -0.322. The van der Waals surface area contributed by atoms with Gasteiger partial charge in [-0.3, -0.25) is 9.59 Å². The number of aliphatic carboxylic acids is 1. The van der Waals surface area contributed by atoms with E-state index >= 15 is 0 Å². The van der Waals surface area contributed by atoms with Gasteiger partial charge in [0, 0.05) is 11.8 Å². The fourth-order valence-electron chi connectivity index (χ4n) is 9.18. The van der Waals surface area contributed by atoms with Gasteiger partial charge in [-0.2, -0.15) is 0 Å². The van der Waals surface area contributed by atoms with Gasteiger partial charge in [0.1, 0.15) is 30.0 Å². The van der Waals surface area contributed by atoms with E-state index in [0.29, 0.717) is 37.7 Å². The molecule has 0 aromatic rings. The van der Waals surface area contributed by atoms with Crippen LogP contribution in [0.5, 0.6) is 0 Å². The second kappa shape index (κ2) is 7.49. The number of hydrogen-bond donors (Lipinski definition) is 6. The van der Waals surface area contributed by atoms with Crippen molar-refractivity contribution in [3.63, 3.8) is 0 Å². The molecular weight excluding hydrogens is 476 g/mol. The van der Waals surface area contributed by atoms with Crippen LogP contribution in [0.4, 0.5) is 0 Å². The fraction of sp³-hybridized carbons (Fsp3) is 0.840. The van der Waals surface area contributed by atoms with Crippen molar-refractivity contribution in [1.29, 1.82) is 0 Å². The molecule has 1 spiro atoms. The van der Waals surface area contributed by atoms with Crippen LogP contribution in [0.25, 0.3) is 0 Å². The summed E-state index contributed by atoms with van der Waals surface area (Å²) < 4.78 is 17.8. The van der Waals surface area contributed by atoms with E-state index in [9.17, 15) is 40.2 Å². The zero-order valence-electron chi connectivity index (χ0n) is 20.1. The molecule has 13 atom stereocenters. The molecule has 4 bridgehead atoms. The van der Waals surface area contributed by atoms with Crippen LogP contribution in [0.3, 0.4) is 0 Å². The number of aliphatic hydroxyl groups is 5. The molecule has 0 unspecified atom stereocenters. The predicted octanol–water partition coefficient (Wildman–Crippen LogP) is -0.925. The van der Waals surface area contributed by atoms with Crippen LogP contribution in [-0.4, -0.2) is 97.2 Å². The normalized spacial score (nSPS) is 57.3. The van der Waals surface area contributed by atoms with Gasteiger partial charge in [-0.1, -0.05) is 6.58 Å². The molecule has 36 heavy (non-hydrogen) atoms. The van der Waals surface area contributed by atoms with Crippen molar-refractivity contribution in [2.24, 2.45) is 28.6 Å². The Hall–Kier alpha value is -1.60. The van der Waals surface area contributed by atoms with Crippen LogP contribution < -0.4 is 0 Å². The maximum absolute atomic E-state index is 13.5. The smallest absolute Gasteiger partial charge is 0.315 e. The number of fused-ring (bicyclic) bond motifs is 1. The molecule has 2 aliphatic heterocycles. The minimum Gasteiger partial charge on any atom is -0.481 e. The first-order valence-corrected chi connectivity index (χ1v) is 12.7. The number of carboxylic acids is 1. The molecule has 6 rings (SSSR count). The second-order valence-corrected chi connectivity index (χ2v) is 12.1. The summed E-state index contributed by atoms with van der Waals surface area (Å²) in [5.41, 5.74) is -3.68. The summed E-state index contributed by atoms with van der Waals surface area (Å²) >= 11 is 0. The van der Waals surface area contributed by atoms with Crippen molar-refractivity contribution >= 4 is 11.9 Å². The maximum Gasteiger partial charge on any atom is 0.315 e. The van der Waals surface area contributed by atoms with Gasteiger partial charge in [0.15, 0.2) is 6.29 Å². The lowest BCUT2D eigenvalue weighted by Gasteiger charge is -2.48. The number of carbonyl (C=O) groups is 2. The number of rotatable bonds is 4. The van der Waals surface area contributed by atoms with E-state index in [-0.39, 0.29) is 12.3 Å². The summed E-state index contributed by atoms with van der Waals surface area (Å²) in [5, 5.41) is 62.1. The molecule has 0 aromatic carbocycles. The third-order valence-corrected chi connectivity index (χ3v) is 10.7. The number of ether oxygens (including phenoxy) is 3. The maximum atomic E-state index is 13.5. The average molecular weight is 511 g/mol. The van der Waals surface area contributed by atoms with Crippen LogP contribution in [-0.2, 0) is 23.8 Å². The Morgan fingerprint density at radius 2 is 1.89 bits per heavy atom. The summed E-state index contributed by atoms with van der Waals surface area (Å²) in [7, 11) is 0. The van der Waals surface area contributed by atoms with E-state index < -0.39 is 89.2 Å². The van der Waals surface area contributed by atoms with Crippen LogP contribution in [0.1, 0.15) is 45.4 Å². The zero-order valence-corrected chi connectivity index (χ0v) is 20.1. The second-order valence-electron chi connectivity index (χ2n) is 12.1. The molecule has 0 radical (unpaired) electrons. The van der Waals surface area contributed by atoms with E-state index in [0.717, 1.165) is 0 Å². The minimum atomic E-state index is -1.65. The van der Waals surface area contributed by atoms with Gasteiger partial charge >= 0.3 is 11.9 Å². The Balaban J connectivity index is 1.39. The van der Waals surface area contributed by atoms with Gasteiger partial charge in [-0.25, -0.2) is 0 Å². The van der Waals surface area contributed by atoms with Gasteiger partial charge in [0.05, 0.1) is 29.6 Å². The van der Waals surface area contributed by atoms with E-state index in [1.807, 2.05) is 0 Å². The van der Waals surface area contributed by atoms with Gasteiger partial charge in [0.25, 0.3) is 0 Å². The summed E-state index contributed by atoms with van der Waals surface area (Å²) in [6.45, 7) is 5.08. The highest BCUT2D eigenvalue weighted by molar-refractivity contribution is 5.85. The Morgan fingerprint density at radius 3 is 2.56 bits per heavy atom. The monoisotopic (exact) mass is 510 g/mol. The standard InChI is InChI=1S/C25H34O11/c1-10-7-23-9-24(10,33)5-3-12(23)25-6-4-13(22(2,21(32)36-25)18(25)14(23)19(30)31)35-20-17(29)16(28)15(27)11(8-26)34-20/h11-18,20,26-29,33H,1,3-9H2,2H3,(H,30,31)/t11-,12-,13-,14-,15-,16+,17-,18-,20+,22-,23+,24+,25-/m1/s1. The molecule has 2 saturated heterocycles. The lowest BCUT2D eigenvalue weighted by atomic mass is 9.59. The summed E-state index contributed by atoms with van der Waals surface area (Å²) in [5.74, 6) is -3.58. The predicted molar refractivity (Wildman–Crippen MR) is 118 cm³/mol. The third-order valence-electron chi connectivity index (χ3n) is 10.7. The van der Waals surface area contributed by atoms with E-state index in [1.54, 1.807) is 6.92 Å². The van der Waals surface area contributed by atoms with Crippen molar-refractivity contribution in [3.05, 3.63) is 12.2 Å². The number of carbonyl (C=O) groups excluding carboxylic acids is 1. The van der Waals surface area contributed by atoms with Gasteiger partial charge in [0.2, 0.25) is 0 Å². The van der Waals surface area contributed by atoms with Crippen LogP contribution >= 0.6 is 0 Å². The molecule has 0 amide bonds. The number of esters is 1. The van der Waals surface area contributed by atoms with Crippen molar-refractivity contribution in [1.82, 2.24) is 0 Å². The van der Waals surface area contributed by atoms with Gasteiger partial charge in [-0.05, 0) is 56.4 Å². The first-order chi connectivity index (χ1) is 16.9. The SMILES string of the molecule is C=C1C[C@]23C[C@@]1(O)CC[C@H]2[C@@]12CC[C@@H](O[C@@H]4O[C@H](CO)[C@@H](O)[C@H](O)[C@H]4O)[C@@](C)(C(=O)O1)[C@H]2[C@@H]3C(=O)O. The van der Waals surface area contributed by atoms with Crippen molar-refractivity contribution in [2.45, 2.75) is 93.5 Å². The van der Waals surface area contributed by atoms with Crippen LogP contribution in [0, 0.1) is 28.6 Å². The van der Waals surface area contributed by atoms with E-state index in [1.165, 1.54) is 0 Å². The van der Waals surface area contributed by atoms with Crippen LogP contribution in [0.2, 0.25) is 0 Å². The first-order valence-electron chi connectivity index (χ1n) is 12.7. The van der Waals surface area contributed by atoms with Crippen molar-refractivity contribution in [3.8, 4) is 0 Å². The molecule has 0 aromatic heterocycles. The van der Waals surface area contributed by atoms with Gasteiger partial charge in [-0.15, -0.1) is 0 Å².